The monoisotopic (exact) mass is 222 g/mol. The zero-order valence-corrected chi connectivity index (χ0v) is 11.0. The van der Waals surface area contributed by atoms with E-state index in [-0.39, 0.29) is 0 Å². The summed E-state index contributed by atoms with van der Waals surface area (Å²) in [4.78, 5) is 2.90. The van der Waals surface area contributed by atoms with Gasteiger partial charge in [0.1, 0.15) is 0 Å². The fraction of sp³-hybridized carbons (Fsp3) is 1.00. The van der Waals surface area contributed by atoms with Gasteiger partial charge < -0.3 is 5.32 Å². The molecule has 1 aliphatic carbocycles. The van der Waals surface area contributed by atoms with Gasteiger partial charge in [0.25, 0.3) is 0 Å². The van der Waals surface area contributed by atoms with Crippen molar-refractivity contribution in [1.82, 2.24) is 10.2 Å². The number of fused-ring (bicyclic) bond motifs is 2. The Balaban J connectivity index is 1.77. The molecule has 1 N–H and O–H groups in total. The van der Waals surface area contributed by atoms with E-state index < -0.39 is 0 Å². The fourth-order valence-electron chi connectivity index (χ4n) is 4.35. The Morgan fingerprint density at radius 2 is 1.56 bits per heavy atom. The molecule has 2 atom stereocenters. The number of rotatable bonds is 3. The lowest BCUT2D eigenvalue weighted by molar-refractivity contribution is 0.00840. The van der Waals surface area contributed by atoms with Gasteiger partial charge in [0.05, 0.1) is 0 Å². The zero-order chi connectivity index (χ0) is 11.3. The standard InChI is InChI=1S/C14H26N2/c1-14(2,10-4-5-10)16-12-6-7-13(16)9-11(8-12)15-3/h10-13,15H,4-9H2,1-3H3. The van der Waals surface area contributed by atoms with Crippen LogP contribution >= 0.6 is 0 Å². The van der Waals surface area contributed by atoms with Gasteiger partial charge in [-0.3, -0.25) is 4.90 Å². The summed E-state index contributed by atoms with van der Waals surface area (Å²) in [5, 5.41) is 3.49. The normalized spacial score (nSPS) is 40.3. The Kier molecular flexibility index (Phi) is 2.56. The summed E-state index contributed by atoms with van der Waals surface area (Å²) in [5.74, 6) is 0.988. The molecular weight excluding hydrogens is 196 g/mol. The molecule has 2 bridgehead atoms. The topological polar surface area (TPSA) is 15.3 Å². The van der Waals surface area contributed by atoms with Crippen LogP contribution in [0.1, 0.15) is 52.4 Å². The van der Waals surface area contributed by atoms with Gasteiger partial charge in [0, 0.05) is 23.7 Å². The van der Waals surface area contributed by atoms with Crippen LogP contribution < -0.4 is 5.32 Å². The summed E-state index contributed by atoms with van der Waals surface area (Å²) in [6, 6.07) is 2.52. The van der Waals surface area contributed by atoms with Crippen LogP contribution in [0.25, 0.3) is 0 Å². The van der Waals surface area contributed by atoms with Gasteiger partial charge in [0.15, 0.2) is 0 Å². The second-order valence-electron chi connectivity index (χ2n) is 6.68. The van der Waals surface area contributed by atoms with E-state index in [0.717, 1.165) is 24.0 Å². The van der Waals surface area contributed by atoms with Crippen molar-refractivity contribution in [1.29, 1.82) is 0 Å². The van der Waals surface area contributed by atoms with Crippen molar-refractivity contribution in [2.24, 2.45) is 5.92 Å². The van der Waals surface area contributed by atoms with Gasteiger partial charge in [-0.1, -0.05) is 0 Å². The maximum atomic E-state index is 3.49. The molecule has 0 aromatic rings. The van der Waals surface area contributed by atoms with Crippen molar-refractivity contribution in [2.45, 2.75) is 76.0 Å². The molecule has 0 aromatic heterocycles. The molecule has 0 spiro atoms. The summed E-state index contributed by atoms with van der Waals surface area (Å²) in [6.07, 6.45) is 8.58. The highest BCUT2D eigenvalue weighted by Gasteiger charge is 2.51. The van der Waals surface area contributed by atoms with E-state index in [1.807, 2.05) is 0 Å². The van der Waals surface area contributed by atoms with Crippen LogP contribution in [0.5, 0.6) is 0 Å². The Labute approximate surface area is 99.8 Å². The molecule has 2 heteroatoms. The van der Waals surface area contributed by atoms with Crippen LogP contribution in [-0.4, -0.2) is 35.6 Å². The van der Waals surface area contributed by atoms with Crippen LogP contribution in [0.3, 0.4) is 0 Å². The minimum atomic E-state index is 0.477. The lowest BCUT2D eigenvalue weighted by atomic mass is 9.87. The minimum Gasteiger partial charge on any atom is -0.317 e. The summed E-state index contributed by atoms with van der Waals surface area (Å²) >= 11 is 0. The average molecular weight is 222 g/mol. The molecule has 3 aliphatic rings. The van der Waals surface area contributed by atoms with E-state index >= 15 is 0 Å². The quantitative estimate of drug-likeness (QED) is 0.789. The SMILES string of the molecule is CNC1CC2CCC(C1)N2C(C)(C)C1CC1. The van der Waals surface area contributed by atoms with Gasteiger partial charge in [-0.2, -0.15) is 0 Å². The Morgan fingerprint density at radius 1 is 1.00 bits per heavy atom. The first-order valence-electron chi connectivity index (χ1n) is 7.08. The van der Waals surface area contributed by atoms with E-state index in [1.54, 1.807) is 0 Å². The molecule has 16 heavy (non-hydrogen) atoms. The summed E-state index contributed by atoms with van der Waals surface area (Å²) in [6.45, 7) is 4.99. The van der Waals surface area contributed by atoms with Crippen LogP contribution in [-0.2, 0) is 0 Å². The first kappa shape index (κ1) is 11.0. The molecule has 2 aliphatic heterocycles. The number of nitrogens with one attached hydrogen (secondary N) is 1. The smallest absolute Gasteiger partial charge is 0.0187 e. The van der Waals surface area contributed by atoms with Crippen molar-refractivity contribution >= 4 is 0 Å². The van der Waals surface area contributed by atoms with Crippen molar-refractivity contribution in [3.8, 4) is 0 Å². The largest absolute Gasteiger partial charge is 0.317 e. The molecule has 2 nitrogen and oxygen atoms in total. The molecule has 92 valence electrons. The average Bonchev–Trinajstić information content (AvgIpc) is 3.05. The Morgan fingerprint density at radius 3 is 2.00 bits per heavy atom. The number of hydrogen-bond acceptors (Lipinski definition) is 2. The highest BCUT2D eigenvalue weighted by Crippen LogP contribution is 2.49. The maximum absolute atomic E-state index is 3.49. The lowest BCUT2D eigenvalue weighted by Crippen LogP contribution is -2.57. The number of nitrogens with zero attached hydrogens (tertiary/aromatic N) is 1. The predicted octanol–water partition coefficient (Wildman–Crippen LogP) is 2.39. The molecular formula is C14H26N2. The molecule has 2 saturated heterocycles. The van der Waals surface area contributed by atoms with Crippen LogP contribution in [0, 0.1) is 5.92 Å². The Bertz CT molecular complexity index is 256. The molecule has 3 fully saturated rings. The Hall–Kier alpha value is -0.0800. The van der Waals surface area contributed by atoms with Gasteiger partial charge in [-0.15, -0.1) is 0 Å². The van der Waals surface area contributed by atoms with E-state index in [0.29, 0.717) is 5.54 Å². The number of piperidine rings is 1. The van der Waals surface area contributed by atoms with Gasteiger partial charge in [0.2, 0.25) is 0 Å². The van der Waals surface area contributed by atoms with Gasteiger partial charge in [-0.05, 0) is 65.3 Å². The second-order valence-corrected chi connectivity index (χ2v) is 6.68. The van der Waals surface area contributed by atoms with Crippen molar-refractivity contribution in [3.05, 3.63) is 0 Å². The minimum absolute atomic E-state index is 0.477. The highest BCUT2D eigenvalue weighted by molar-refractivity contribution is 5.07. The third kappa shape index (κ3) is 1.62. The third-order valence-corrected chi connectivity index (χ3v) is 5.38. The van der Waals surface area contributed by atoms with E-state index in [9.17, 15) is 0 Å². The van der Waals surface area contributed by atoms with Crippen LogP contribution in [0.15, 0.2) is 0 Å². The molecule has 2 heterocycles. The van der Waals surface area contributed by atoms with Crippen molar-refractivity contribution in [2.75, 3.05) is 7.05 Å². The van der Waals surface area contributed by atoms with E-state index in [2.05, 4.69) is 31.1 Å². The van der Waals surface area contributed by atoms with Crippen molar-refractivity contribution in [3.63, 3.8) is 0 Å². The molecule has 0 radical (unpaired) electrons. The molecule has 0 amide bonds. The van der Waals surface area contributed by atoms with E-state index in [4.69, 9.17) is 0 Å². The van der Waals surface area contributed by atoms with E-state index in [1.165, 1.54) is 38.5 Å². The summed E-state index contributed by atoms with van der Waals surface area (Å²) < 4.78 is 0. The molecule has 3 rings (SSSR count). The lowest BCUT2D eigenvalue weighted by Gasteiger charge is -2.48. The second kappa shape index (κ2) is 3.71. The van der Waals surface area contributed by atoms with Gasteiger partial charge >= 0.3 is 0 Å². The zero-order valence-electron chi connectivity index (χ0n) is 11.0. The fourth-order valence-corrected chi connectivity index (χ4v) is 4.35. The third-order valence-electron chi connectivity index (χ3n) is 5.38. The molecule has 2 unspecified atom stereocenters. The van der Waals surface area contributed by atoms with Crippen LogP contribution in [0.2, 0.25) is 0 Å². The predicted molar refractivity (Wildman–Crippen MR) is 67.5 cm³/mol. The van der Waals surface area contributed by atoms with Gasteiger partial charge in [-0.25, -0.2) is 0 Å². The molecule has 1 saturated carbocycles. The van der Waals surface area contributed by atoms with Crippen LogP contribution in [0.4, 0.5) is 0 Å². The maximum Gasteiger partial charge on any atom is 0.0187 e. The van der Waals surface area contributed by atoms with Crippen molar-refractivity contribution < 1.29 is 0 Å². The first-order chi connectivity index (χ1) is 7.63. The first-order valence-corrected chi connectivity index (χ1v) is 7.08. The number of hydrogen-bond donors (Lipinski definition) is 1. The summed E-state index contributed by atoms with van der Waals surface area (Å²) in [5.41, 5.74) is 0.477. The highest BCUT2D eigenvalue weighted by atomic mass is 15.3. The summed E-state index contributed by atoms with van der Waals surface area (Å²) in [7, 11) is 2.13. The molecule has 0 aromatic carbocycles.